The molecule has 4 heteroatoms. The van der Waals surface area contributed by atoms with Crippen molar-refractivity contribution in [1.82, 2.24) is 0 Å². The van der Waals surface area contributed by atoms with Crippen LogP contribution in [0.15, 0.2) is 24.3 Å². The van der Waals surface area contributed by atoms with Crippen LogP contribution in [0.25, 0.3) is 0 Å². The normalized spacial score (nSPS) is 18.4. The number of nitrogen functional groups attached to an aromatic ring is 1. The summed E-state index contributed by atoms with van der Waals surface area (Å²) in [7, 11) is 0. The lowest BCUT2D eigenvalue weighted by Crippen LogP contribution is -2.12. The molecular weight excluding hydrogens is 242 g/mol. The maximum atomic E-state index is 11.7. The van der Waals surface area contributed by atoms with Gasteiger partial charge in [0.15, 0.2) is 0 Å². The van der Waals surface area contributed by atoms with Crippen LogP contribution >= 0.6 is 0 Å². The van der Waals surface area contributed by atoms with Gasteiger partial charge in [-0.15, -0.1) is 0 Å². The van der Waals surface area contributed by atoms with Crippen LogP contribution in [0.5, 0.6) is 0 Å². The second-order valence-corrected chi connectivity index (χ2v) is 4.87. The average Bonchev–Trinajstić information content (AvgIpc) is 2.91. The number of carbonyl (C=O) groups is 1. The number of anilines is 1. The summed E-state index contributed by atoms with van der Waals surface area (Å²) >= 11 is 0. The maximum Gasteiger partial charge on any atom is 0.310 e. The number of hydrogen-bond acceptors (Lipinski definition) is 4. The summed E-state index contributed by atoms with van der Waals surface area (Å²) in [5, 5.41) is 0. The van der Waals surface area contributed by atoms with Crippen LogP contribution in [-0.4, -0.2) is 25.3 Å². The minimum Gasteiger partial charge on any atom is -0.465 e. The molecule has 2 N–H and O–H groups in total. The fourth-order valence-corrected chi connectivity index (χ4v) is 2.27. The molecule has 0 radical (unpaired) electrons. The third-order valence-electron chi connectivity index (χ3n) is 3.35. The first-order valence-corrected chi connectivity index (χ1v) is 6.86. The monoisotopic (exact) mass is 263 g/mol. The average molecular weight is 263 g/mol. The van der Waals surface area contributed by atoms with Crippen molar-refractivity contribution in [3.63, 3.8) is 0 Å². The van der Waals surface area contributed by atoms with Crippen LogP contribution in [0.4, 0.5) is 5.69 Å². The Hall–Kier alpha value is -1.55. The molecule has 0 bridgehead atoms. The molecule has 1 aromatic carbocycles. The van der Waals surface area contributed by atoms with Crippen LogP contribution in [0, 0.1) is 0 Å². The molecule has 0 amide bonds. The summed E-state index contributed by atoms with van der Waals surface area (Å²) in [6.07, 6.45) is 4.73. The zero-order valence-electron chi connectivity index (χ0n) is 11.1. The molecule has 2 rings (SSSR count). The molecule has 0 spiro atoms. The van der Waals surface area contributed by atoms with E-state index in [1.807, 2.05) is 18.2 Å². The lowest BCUT2D eigenvalue weighted by Gasteiger charge is -2.09. The second-order valence-electron chi connectivity index (χ2n) is 4.87. The number of benzene rings is 1. The van der Waals surface area contributed by atoms with E-state index in [0.29, 0.717) is 18.4 Å². The number of hydrogen-bond donors (Lipinski definition) is 1. The van der Waals surface area contributed by atoms with Crippen molar-refractivity contribution in [1.29, 1.82) is 0 Å². The lowest BCUT2D eigenvalue weighted by molar-refractivity contribution is -0.143. The topological polar surface area (TPSA) is 61.6 Å². The van der Waals surface area contributed by atoms with Crippen LogP contribution in [-0.2, 0) is 20.7 Å². The van der Waals surface area contributed by atoms with E-state index in [1.54, 1.807) is 6.07 Å². The van der Waals surface area contributed by atoms with Gasteiger partial charge in [-0.1, -0.05) is 18.2 Å². The third-order valence-corrected chi connectivity index (χ3v) is 3.35. The standard InChI is InChI=1S/C15H21NO3/c16-14-8-2-1-5-12(14)11-15(17)19-10-4-7-13-6-3-9-18-13/h1-2,5,8,13H,3-4,6-7,9-11,16H2. The number of rotatable bonds is 6. The van der Waals surface area contributed by atoms with E-state index >= 15 is 0 Å². The molecule has 1 saturated heterocycles. The van der Waals surface area contributed by atoms with E-state index in [4.69, 9.17) is 15.2 Å². The molecule has 4 nitrogen and oxygen atoms in total. The largest absolute Gasteiger partial charge is 0.465 e. The van der Waals surface area contributed by atoms with Crippen LogP contribution in [0.1, 0.15) is 31.2 Å². The number of carbonyl (C=O) groups excluding carboxylic acids is 1. The van der Waals surface area contributed by atoms with E-state index in [1.165, 1.54) is 0 Å². The molecule has 1 atom stereocenters. The highest BCUT2D eigenvalue weighted by Crippen LogP contribution is 2.17. The molecule has 0 aromatic heterocycles. The first-order chi connectivity index (χ1) is 9.25. The smallest absolute Gasteiger partial charge is 0.310 e. The minimum atomic E-state index is -0.217. The summed E-state index contributed by atoms with van der Waals surface area (Å²) in [6, 6.07) is 7.37. The highest BCUT2D eigenvalue weighted by molar-refractivity contribution is 5.74. The van der Waals surface area contributed by atoms with Gasteiger partial charge >= 0.3 is 5.97 Å². The zero-order valence-corrected chi connectivity index (χ0v) is 11.1. The molecule has 1 aromatic rings. The number of ether oxygens (including phenoxy) is 2. The molecule has 104 valence electrons. The predicted molar refractivity (Wildman–Crippen MR) is 73.7 cm³/mol. The van der Waals surface area contributed by atoms with Gasteiger partial charge in [-0.2, -0.15) is 0 Å². The van der Waals surface area contributed by atoms with Gasteiger partial charge in [0.2, 0.25) is 0 Å². The molecular formula is C15H21NO3. The molecule has 1 aliphatic heterocycles. The zero-order chi connectivity index (χ0) is 13.5. The summed E-state index contributed by atoms with van der Waals surface area (Å²) in [6.45, 7) is 1.34. The Kier molecular flexibility index (Phi) is 5.21. The van der Waals surface area contributed by atoms with Crippen molar-refractivity contribution in [3.8, 4) is 0 Å². The van der Waals surface area contributed by atoms with E-state index in [9.17, 15) is 4.79 Å². The van der Waals surface area contributed by atoms with Crippen LogP contribution in [0.2, 0.25) is 0 Å². The molecule has 1 fully saturated rings. The van der Waals surface area contributed by atoms with Gasteiger partial charge in [0.1, 0.15) is 0 Å². The minimum absolute atomic E-state index is 0.217. The second kappa shape index (κ2) is 7.14. The molecule has 0 saturated carbocycles. The van der Waals surface area contributed by atoms with E-state index in [-0.39, 0.29) is 12.4 Å². The van der Waals surface area contributed by atoms with Gasteiger partial charge in [0.05, 0.1) is 19.1 Å². The predicted octanol–water partition coefficient (Wildman–Crippen LogP) is 2.31. The Bertz CT molecular complexity index is 414. The SMILES string of the molecule is Nc1ccccc1CC(=O)OCCCC1CCCO1. The first-order valence-electron chi connectivity index (χ1n) is 6.86. The number of para-hydroxylation sites is 1. The van der Waals surface area contributed by atoms with E-state index in [0.717, 1.165) is 37.9 Å². The van der Waals surface area contributed by atoms with Gasteiger partial charge in [0.25, 0.3) is 0 Å². The molecule has 1 aliphatic rings. The molecule has 1 heterocycles. The summed E-state index contributed by atoms with van der Waals surface area (Å²) in [5.41, 5.74) is 7.25. The Balaban J connectivity index is 1.63. The third kappa shape index (κ3) is 4.56. The van der Waals surface area contributed by atoms with Crippen molar-refractivity contribution in [3.05, 3.63) is 29.8 Å². The number of esters is 1. The highest BCUT2D eigenvalue weighted by Gasteiger charge is 2.15. The van der Waals surface area contributed by atoms with Gasteiger partial charge in [-0.25, -0.2) is 0 Å². The Morgan fingerprint density at radius 1 is 1.42 bits per heavy atom. The Morgan fingerprint density at radius 2 is 2.26 bits per heavy atom. The fourth-order valence-electron chi connectivity index (χ4n) is 2.27. The fraction of sp³-hybridized carbons (Fsp3) is 0.533. The van der Waals surface area contributed by atoms with Crippen molar-refractivity contribution >= 4 is 11.7 Å². The summed E-state index contributed by atoms with van der Waals surface area (Å²) < 4.78 is 10.7. The number of nitrogens with two attached hydrogens (primary N) is 1. The van der Waals surface area contributed by atoms with Gasteiger partial charge in [-0.05, 0) is 37.3 Å². The summed E-state index contributed by atoms with van der Waals surface area (Å²) in [5.74, 6) is -0.217. The van der Waals surface area contributed by atoms with Crippen molar-refractivity contribution < 1.29 is 14.3 Å². The maximum absolute atomic E-state index is 11.7. The van der Waals surface area contributed by atoms with Crippen LogP contribution < -0.4 is 5.73 Å². The van der Waals surface area contributed by atoms with Gasteiger partial charge < -0.3 is 15.2 Å². The Morgan fingerprint density at radius 3 is 3.00 bits per heavy atom. The molecule has 1 unspecified atom stereocenters. The lowest BCUT2D eigenvalue weighted by atomic mass is 10.1. The molecule has 0 aliphatic carbocycles. The summed E-state index contributed by atoms with van der Waals surface area (Å²) in [4.78, 5) is 11.7. The quantitative estimate of drug-likeness (QED) is 0.486. The van der Waals surface area contributed by atoms with Crippen molar-refractivity contribution in [2.24, 2.45) is 0 Å². The van der Waals surface area contributed by atoms with E-state index < -0.39 is 0 Å². The van der Waals surface area contributed by atoms with Crippen LogP contribution in [0.3, 0.4) is 0 Å². The van der Waals surface area contributed by atoms with Crippen molar-refractivity contribution in [2.75, 3.05) is 18.9 Å². The van der Waals surface area contributed by atoms with E-state index in [2.05, 4.69) is 0 Å². The molecule has 19 heavy (non-hydrogen) atoms. The highest BCUT2D eigenvalue weighted by atomic mass is 16.5. The first kappa shape index (κ1) is 13.9. The van der Waals surface area contributed by atoms with Crippen molar-refractivity contribution in [2.45, 2.75) is 38.2 Å². The Labute approximate surface area is 113 Å². The van der Waals surface area contributed by atoms with Gasteiger partial charge in [0, 0.05) is 12.3 Å². The van der Waals surface area contributed by atoms with Gasteiger partial charge in [-0.3, -0.25) is 4.79 Å².